The Morgan fingerprint density at radius 3 is 2.48 bits per heavy atom. The number of hydrogen-bond donors (Lipinski definition) is 1. The molecule has 2 heterocycles. The van der Waals surface area contributed by atoms with Crippen molar-refractivity contribution in [3.05, 3.63) is 47.8 Å². The predicted octanol–water partition coefficient (Wildman–Crippen LogP) is 5.80. The van der Waals surface area contributed by atoms with Crippen LogP contribution >= 0.6 is 11.3 Å². The normalized spacial score (nSPS) is 11.4. The fourth-order valence-electron chi connectivity index (χ4n) is 3.94. The lowest BCUT2D eigenvalue weighted by molar-refractivity contribution is 0.0984. The molecule has 0 aliphatic carbocycles. The minimum absolute atomic E-state index is 0.155. The number of fused-ring (bicyclic) bond motifs is 1. The summed E-state index contributed by atoms with van der Waals surface area (Å²) in [6.07, 6.45) is 7.08. The second kappa shape index (κ2) is 9.99. The van der Waals surface area contributed by atoms with E-state index in [1.54, 1.807) is 11.3 Å². The third kappa shape index (κ3) is 4.68. The molecule has 4 nitrogen and oxygen atoms in total. The average Bonchev–Trinajstić information content (AvgIpc) is 3.08. The topological polar surface area (TPSA) is 59.2 Å². The highest BCUT2D eigenvalue weighted by molar-refractivity contribution is 7.23. The summed E-state index contributed by atoms with van der Waals surface area (Å²) in [5.41, 5.74) is 10.7. The Balaban J connectivity index is 2.07. The van der Waals surface area contributed by atoms with Gasteiger partial charge in [0.05, 0.1) is 10.6 Å². The highest BCUT2D eigenvalue weighted by Gasteiger charge is 2.20. The molecule has 29 heavy (non-hydrogen) atoms. The number of aromatic nitrogens is 1. The van der Waals surface area contributed by atoms with Gasteiger partial charge in [-0.1, -0.05) is 32.9 Å². The Bertz CT molecular complexity index is 961. The van der Waals surface area contributed by atoms with Crippen molar-refractivity contribution in [2.24, 2.45) is 0 Å². The van der Waals surface area contributed by atoms with Crippen LogP contribution in [0, 0.1) is 0 Å². The number of carbonyl (C=O) groups excluding carboxylic acids is 1. The lowest BCUT2D eigenvalue weighted by atomic mass is 9.94. The van der Waals surface area contributed by atoms with Gasteiger partial charge in [0.1, 0.15) is 0 Å². The van der Waals surface area contributed by atoms with Gasteiger partial charge in [-0.05, 0) is 67.7 Å². The quantitative estimate of drug-likeness (QED) is 0.430. The fourth-order valence-corrected chi connectivity index (χ4v) is 5.11. The first-order valence-corrected chi connectivity index (χ1v) is 11.4. The van der Waals surface area contributed by atoms with Crippen LogP contribution in [0.4, 0.5) is 5.00 Å². The number of nitrogens with zero attached hydrogens (tertiary/aromatic N) is 2. The molecule has 0 fully saturated rings. The van der Waals surface area contributed by atoms with Crippen LogP contribution in [0.3, 0.4) is 0 Å². The van der Waals surface area contributed by atoms with Crippen LogP contribution in [0.5, 0.6) is 0 Å². The average molecular weight is 410 g/mol. The number of pyridine rings is 1. The molecule has 0 saturated heterocycles. The lowest BCUT2D eigenvalue weighted by Crippen LogP contribution is -2.24. The van der Waals surface area contributed by atoms with Crippen molar-refractivity contribution in [1.82, 2.24) is 9.88 Å². The molecule has 0 saturated carbocycles. The molecule has 2 aromatic heterocycles. The van der Waals surface area contributed by atoms with Gasteiger partial charge in [0.2, 0.25) is 0 Å². The van der Waals surface area contributed by atoms with E-state index in [1.165, 1.54) is 11.1 Å². The zero-order chi connectivity index (χ0) is 20.8. The molecule has 0 spiro atoms. The minimum Gasteiger partial charge on any atom is -0.390 e. The first-order valence-electron chi connectivity index (χ1n) is 10.6. The summed E-state index contributed by atoms with van der Waals surface area (Å²) in [6, 6.07) is 8.33. The number of nitrogen functional groups attached to an aromatic ring is 1. The van der Waals surface area contributed by atoms with Crippen LogP contribution in [0.2, 0.25) is 0 Å². The predicted molar refractivity (Wildman–Crippen MR) is 125 cm³/mol. The van der Waals surface area contributed by atoms with Gasteiger partial charge in [0.15, 0.2) is 5.78 Å². The number of ketones is 1. The SMILES string of the molecule is CCCC(=O)c1c(N)sc2c(CCCN(CC)CC)c(-c3ccncc3)ccc12. The highest BCUT2D eigenvalue weighted by atomic mass is 32.1. The first-order chi connectivity index (χ1) is 14.1. The number of aryl methyl sites for hydroxylation is 1. The summed E-state index contributed by atoms with van der Waals surface area (Å²) in [6.45, 7) is 9.65. The number of anilines is 1. The molecule has 3 aromatic rings. The highest BCUT2D eigenvalue weighted by Crippen LogP contribution is 2.41. The summed E-state index contributed by atoms with van der Waals surface area (Å²) in [7, 11) is 0. The first kappa shape index (κ1) is 21.5. The summed E-state index contributed by atoms with van der Waals surface area (Å²) in [5.74, 6) is 0.155. The van der Waals surface area contributed by atoms with E-state index < -0.39 is 0 Å². The molecule has 0 aliphatic heterocycles. The maximum absolute atomic E-state index is 12.7. The van der Waals surface area contributed by atoms with Gasteiger partial charge in [-0.25, -0.2) is 0 Å². The second-order valence-electron chi connectivity index (χ2n) is 7.35. The van der Waals surface area contributed by atoms with E-state index in [9.17, 15) is 4.79 Å². The van der Waals surface area contributed by atoms with E-state index >= 15 is 0 Å². The van der Waals surface area contributed by atoms with Crippen LogP contribution in [0.25, 0.3) is 21.2 Å². The van der Waals surface area contributed by atoms with E-state index in [2.05, 4.69) is 48.0 Å². The van der Waals surface area contributed by atoms with Gasteiger partial charge in [0.25, 0.3) is 0 Å². The maximum Gasteiger partial charge on any atom is 0.166 e. The Kier molecular flexibility index (Phi) is 7.40. The molecule has 0 radical (unpaired) electrons. The zero-order valence-corrected chi connectivity index (χ0v) is 18.5. The van der Waals surface area contributed by atoms with Gasteiger partial charge in [-0.2, -0.15) is 0 Å². The molecule has 0 aliphatic rings. The maximum atomic E-state index is 12.7. The molecule has 0 atom stereocenters. The molecule has 2 N–H and O–H groups in total. The molecule has 154 valence electrons. The van der Waals surface area contributed by atoms with Crippen molar-refractivity contribution in [2.75, 3.05) is 25.4 Å². The number of carbonyl (C=O) groups is 1. The lowest BCUT2D eigenvalue weighted by Gasteiger charge is -2.18. The number of rotatable bonds is 10. The summed E-state index contributed by atoms with van der Waals surface area (Å²) >= 11 is 1.57. The molecule has 0 bridgehead atoms. The zero-order valence-electron chi connectivity index (χ0n) is 17.7. The molecule has 5 heteroatoms. The van der Waals surface area contributed by atoms with Gasteiger partial charge in [-0.15, -0.1) is 11.3 Å². The Morgan fingerprint density at radius 2 is 1.83 bits per heavy atom. The molecular formula is C24H31N3OS. The van der Waals surface area contributed by atoms with Crippen molar-refractivity contribution in [3.8, 4) is 11.1 Å². The monoisotopic (exact) mass is 409 g/mol. The third-order valence-electron chi connectivity index (χ3n) is 5.53. The van der Waals surface area contributed by atoms with Gasteiger partial charge in [-0.3, -0.25) is 9.78 Å². The van der Waals surface area contributed by atoms with E-state index in [4.69, 9.17) is 5.73 Å². The summed E-state index contributed by atoms with van der Waals surface area (Å²) < 4.78 is 1.16. The fraction of sp³-hybridized carbons (Fsp3) is 0.417. The summed E-state index contributed by atoms with van der Waals surface area (Å²) in [5, 5.41) is 1.66. The molecular weight excluding hydrogens is 378 g/mol. The largest absolute Gasteiger partial charge is 0.390 e. The number of Topliss-reactive ketones (excluding diaryl/α,β-unsaturated/α-hetero) is 1. The number of hydrogen-bond acceptors (Lipinski definition) is 5. The van der Waals surface area contributed by atoms with E-state index in [1.807, 2.05) is 19.3 Å². The minimum atomic E-state index is 0.155. The standard InChI is InChI=1S/C24H31N3OS/c1-4-8-21(28)22-20-11-10-18(17-12-14-26-15-13-17)19(23(20)29-24(22)25)9-7-16-27(5-2)6-3/h10-15H,4-9,16,25H2,1-3H3. The van der Waals surface area contributed by atoms with Gasteiger partial charge < -0.3 is 10.6 Å². The Labute approximate surface area is 177 Å². The van der Waals surface area contributed by atoms with Gasteiger partial charge >= 0.3 is 0 Å². The van der Waals surface area contributed by atoms with Gasteiger partial charge in [0, 0.05) is 28.9 Å². The van der Waals surface area contributed by atoms with Crippen LogP contribution in [-0.2, 0) is 6.42 Å². The molecule has 3 rings (SSSR count). The summed E-state index contributed by atoms with van der Waals surface area (Å²) in [4.78, 5) is 19.3. The van der Waals surface area contributed by atoms with Crippen LogP contribution in [0.15, 0.2) is 36.7 Å². The van der Waals surface area contributed by atoms with Crippen molar-refractivity contribution in [1.29, 1.82) is 0 Å². The van der Waals surface area contributed by atoms with Crippen molar-refractivity contribution < 1.29 is 4.79 Å². The van der Waals surface area contributed by atoms with Crippen LogP contribution in [-0.4, -0.2) is 35.3 Å². The third-order valence-corrected chi connectivity index (χ3v) is 6.63. The van der Waals surface area contributed by atoms with E-state index in [0.717, 1.165) is 60.1 Å². The van der Waals surface area contributed by atoms with Crippen LogP contribution in [0.1, 0.15) is 56.0 Å². The number of nitrogens with two attached hydrogens (primary N) is 1. The molecule has 0 unspecified atom stereocenters. The van der Waals surface area contributed by atoms with Crippen molar-refractivity contribution >= 4 is 32.2 Å². The number of thiophene rings is 1. The Hall–Kier alpha value is -2.24. The smallest absolute Gasteiger partial charge is 0.166 e. The van der Waals surface area contributed by atoms with E-state index in [0.29, 0.717) is 11.4 Å². The van der Waals surface area contributed by atoms with Crippen molar-refractivity contribution in [3.63, 3.8) is 0 Å². The number of benzene rings is 1. The second-order valence-corrected chi connectivity index (χ2v) is 8.40. The van der Waals surface area contributed by atoms with Crippen LogP contribution < -0.4 is 5.73 Å². The molecule has 1 aromatic carbocycles. The van der Waals surface area contributed by atoms with Crippen molar-refractivity contribution in [2.45, 2.75) is 46.5 Å². The van der Waals surface area contributed by atoms with E-state index in [-0.39, 0.29) is 5.78 Å². The Morgan fingerprint density at radius 1 is 1.10 bits per heavy atom. The molecule has 0 amide bonds.